The summed E-state index contributed by atoms with van der Waals surface area (Å²) in [6.07, 6.45) is 3.02. The number of aromatic nitrogens is 2. The van der Waals surface area contributed by atoms with Crippen molar-refractivity contribution in [2.24, 2.45) is 5.73 Å². The zero-order valence-electron chi connectivity index (χ0n) is 11.1. The average molecular weight is 352 g/mol. The van der Waals surface area contributed by atoms with Crippen molar-refractivity contribution < 1.29 is 4.74 Å². The zero-order valence-corrected chi connectivity index (χ0v) is 13.5. The SMILES string of the molecule is CC(C)c1cc(Br)ccc1Oc1cnc(C(N)=S)cn1. The van der Waals surface area contributed by atoms with Crippen LogP contribution >= 0.6 is 28.1 Å². The monoisotopic (exact) mass is 351 g/mol. The number of thiocarbonyl (C=S) groups is 1. The van der Waals surface area contributed by atoms with E-state index in [1.165, 1.54) is 12.4 Å². The Labute approximate surface area is 131 Å². The minimum absolute atomic E-state index is 0.218. The maximum atomic E-state index is 5.78. The van der Waals surface area contributed by atoms with E-state index in [0.29, 0.717) is 17.5 Å². The van der Waals surface area contributed by atoms with Crippen molar-refractivity contribution in [2.75, 3.05) is 0 Å². The number of hydrogen-bond donors (Lipinski definition) is 1. The van der Waals surface area contributed by atoms with Crippen molar-refractivity contribution in [1.82, 2.24) is 9.97 Å². The molecule has 0 aliphatic heterocycles. The van der Waals surface area contributed by atoms with E-state index < -0.39 is 0 Å². The van der Waals surface area contributed by atoms with Gasteiger partial charge in [-0.15, -0.1) is 0 Å². The summed E-state index contributed by atoms with van der Waals surface area (Å²) in [5.74, 6) is 1.51. The Morgan fingerprint density at radius 2 is 2.05 bits per heavy atom. The molecule has 0 saturated carbocycles. The highest BCUT2D eigenvalue weighted by Gasteiger charge is 2.10. The second-order valence-electron chi connectivity index (χ2n) is 4.54. The van der Waals surface area contributed by atoms with Gasteiger partial charge in [0.1, 0.15) is 16.4 Å². The lowest BCUT2D eigenvalue weighted by molar-refractivity contribution is 0.451. The summed E-state index contributed by atoms with van der Waals surface area (Å²) in [4.78, 5) is 8.48. The number of halogens is 1. The van der Waals surface area contributed by atoms with Gasteiger partial charge in [-0.1, -0.05) is 42.0 Å². The quantitative estimate of drug-likeness (QED) is 0.849. The lowest BCUT2D eigenvalue weighted by atomic mass is 10.0. The maximum absolute atomic E-state index is 5.78. The van der Waals surface area contributed by atoms with Crippen molar-refractivity contribution >= 4 is 33.1 Å². The Morgan fingerprint density at radius 3 is 2.60 bits per heavy atom. The summed E-state index contributed by atoms with van der Waals surface area (Å²) in [7, 11) is 0. The van der Waals surface area contributed by atoms with Crippen LogP contribution in [0.5, 0.6) is 11.6 Å². The van der Waals surface area contributed by atoms with Crippen molar-refractivity contribution in [2.45, 2.75) is 19.8 Å². The van der Waals surface area contributed by atoms with Crippen LogP contribution in [0.1, 0.15) is 31.0 Å². The largest absolute Gasteiger partial charge is 0.437 e. The fourth-order valence-electron chi connectivity index (χ4n) is 1.67. The van der Waals surface area contributed by atoms with E-state index >= 15 is 0 Å². The normalized spacial score (nSPS) is 10.6. The summed E-state index contributed by atoms with van der Waals surface area (Å²) in [5, 5.41) is 0. The molecule has 1 heterocycles. The van der Waals surface area contributed by atoms with E-state index in [1.54, 1.807) is 0 Å². The molecule has 0 spiro atoms. The molecule has 0 bridgehead atoms. The highest BCUT2D eigenvalue weighted by Crippen LogP contribution is 2.31. The van der Waals surface area contributed by atoms with Crippen molar-refractivity contribution in [3.8, 4) is 11.6 Å². The second-order valence-corrected chi connectivity index (χ2v) is 5.90. The van der Waals surface area contributed by atoms with E-state index in [9.17, 15) is 0 Å². The van der Waals surface area contributed by atoms with Gasteiger partial charge in [0.15, 0.2) is 0 Å². The molecule has 2 N–H and O–H groups in total. The van der Waals surface area contributed by atoms with Crippen LogP contribution in [-0.4, -0.2) is 15.0 Å². The number of ether oxygens (including phenoxy) is 1. The van der Waals surface area contributed by atoms with Gasteiger partial charge in [-0.3, -0.25) is 0 Å². The summed E-state index contributed by atoms with van der Waals surface area (Å²) in [5.41, 5.74) is 7.06. The average Bonchev–Trinajstić information content (AvgIpc) is 2.41. The molecule has 0 aliphatic carbocycles. The van der Waals surface area contributed by atoms with Gasteiger partial charge in [0.2, 0.25) is 5.88 Å². The molecule has 0 amide bonds. The molecule has 20 heavy (non-hydrogen) atoms. The van der Waals surface area contributed by atoms with Gasteiger partial charge in [0.25, 0.3) is 0 Å². The minimum Gasteiger partial charge on any atom is -0.437 e. The molecule has 1 aromatic carbocycles. The fraction of sp³-hybridized carbons (Fsp3) is 0.214. The van der Waals surface area contributed by atoms with Crippen LogP contribution in [0.2, 0.25) is 0 Å². The van der Waals surface area contributed by atoms with Gasteiger partial charge >= 0.3 is 0 Å². The highest BCUT2D eigenvalue weighted by molar-refractivity contribution is 9.10. The maximum Gasteiger partial charge on any atom is 0.237 e. The van der Waals surface area contributed by atoms with E-state index in [2.05, 4.69) is 39.7 Å². The third kappa shape index (κ3) is 3.52. The van der Waals surface area contributed by atoms with Gasteiger partial charge in [-0.25, -0.2) is 9.97 Å². The first-order valence-electron chi connectivity index (χ1n) is 6.06. The third-order valence-electron chi connectivity index (χ3n) is 2.69. The van der Waals surface area contributed by atoms with Crippen molar-refractivity contribution in [3.63, 3.8) is 0 Å². The lowest BCUT2D eigenvalue weighted by Gasteiger charge is -2.13. The Balaban J connectivity index is 2.27. The number of rotatable bonds is 4. The molecule has 0 aliphatic rings. The Hall–Kier alpha value is -1.53. The van der Waals surface area contributed by atoms with Crippen LogP contribution in [0.4, 0.5) is 0 Å². The lowest BCUT2D eigenvalue weighted by Crippen LogP contribution is -2.11. The van der Waals surface area contributed by atoms with Crippen LogP contribution in [0, 0.1) is 0 Å². The Kier molecular flexibility index (Phi) is 4.67. The fourth-order valence-corrected chi connectivity index (χ4v) is 2.16. The number of nitrogens with two attached hydrogens (primary N) is 1. The molecule has 1 aromatic heterocycles. The first-order valence-corrected chi connectivity index (χ1v) is 7.26. The van der Waals surface area contributed by atoms with Crippen LogP contribution in [0.3, 0.4) is 0 Å². The van der Waals surface area contributed by atoms with Crippen LogP contribution < -0.4 is 10.5 Å². The standard InChI is InChI=1S/C14H14BrN3OS/c1-8(2)10-5-9(15)3-4-12(10)19-13-7-17-11(6-18-13)14(16)20/h3-8H,1-2H3,(H2,16,20). The molecule has 4 nitrogen and oxygen atoms in total. The molecule has 0 unspecified atom stereocenters. The van der Waals surface area contributed by atoms with Gasteiger partial charge in [-0.05, 0) is 29.7 Å². The predicted octanol–water partition coefficient (Wildman–Crippen LogP) is 3.79. The highest BCUT2D eigenvalue weighted by atomic mass is 79.9. The first-order chi connectivity index (χ1) is 9.47. The number of hydrogen-bond acceptors (Lipinski definition) is 4. The molecule has 6 heteroatoms. The van der Waals surface area contributed by atoms with Gasteiger partial charge in [0.05, 0.1) is 12.4 Å². The predicted molar refractivity (Wildman–Crippen MR) is 86.2 cm³/mol. The first kappa shape index (κ1) is 14.9. The summed E-state index contributed by atoms with van der Waals surface area (Å²) >= 11 is 8.30. The van der Waals surface area contributed by atoms with Crippen molar-refractivity contribution in [3.05, 3.63) is 46.3 Å². The van der Waals surface area contributed by atoms with Crippen LogP contribution in [0.25, 0.3) is 0 Å². The zero-order chi connectivity index (χ0) is 14.7. The molecular weight excluding hydrogens is 338 g/mol. The smallest absolute Gasteiger partial charge is 0.237 e. The van der Waals surface area contributed by atoms with E-state index in [-0.39, 0.29) is 4.99 Å². The Bertz CT molecular complexity index is 629. The van der Waals surface area contributed by atoms with Gasteiger partial charge in [-0.2, -0.15) is 0 Å². The molecule has 2 rings (SSSR count). The molecule has 0 radical (unpaired) electrons. The molecule has 0 saturated heterocycles. The van der Waals surface area contributed by atoms with E-state index in [0.717, 1.165) is 15.8 Å². The molecular formula is C14H14BrN3OS. The summed E-state index contributed by atoms with van der Waals surface area (Å²) < 4.78 is 6.80. The molecule has 0 atom stereocenters. The Morgan fingerprint density at radius 1 is 1.30 bits per heavy atom. The molecule has 0 fully saturated rings. The van der Waals surface area contributed by atoms with Crippen LogP contribution in [0.15, 0.2) is 35.1 Å². The molecule has 2 aromatic rings. The van der Waals surface area contributed by atoms with Crippen LogP contribution in [-0.2, 0) is 0 Å². The minimum atomic E-state index is 0.218. The summed E-state index contributed by atoms with van der Waals surface area (Å²) in [6, 6.07) is 5.87. The van der Waals surface area contributed by atoms with Crippen molar-refractivity contribution in [1.29, 1.82) is 0 Å². The van der Waals surface area contributed by atoms with E-state index in [1.807, 2.05) is 18.2 Å². The third-order valence-corrected chi connectivity index (χ3v) is 3.39. The molecule has 104 valence electrons. The number of benzene rings is 1. The topological polar surface area (TPSA) is 61.0 Å². The van der Waals surface area contributed by atoms with E-state index in [4.69, 9.17) is 22.7 Å². The second kappa shape index (κ2) is 6.28. The summed E-state index contributed by atoms with van der Waals surface area (Å²) in [6.45, 7) is 4.21. The van der Waals surface area contributed by atoms with Gasteiger partial charge in [0, 0.05) is 4.47 Å². The number of nitrogens with zero attached hydrogens (tertiary/aromatic N) is 2. The van der Waals surface area contributed by atoms with Gasteiger partial charge < -0.3 is 10.5 Å².